The molecule has 2 aromatic rings. The molecule has 0 spiro atoms. The van der Waals surface area contributed by atoms with Gasteiger partial charge in [-0.2, -0.15) is 0 Å². The van der Waals surface area contributed by atoms with E-state index in [-0.39, 0.29) is 11.5 Å². The average Bonchev–Trinajstić information content (AvgIpc) is 2.50. The van der Waals surface area contributed by atoms with Crippen LogP contribution < -0.4 is 5.32 Å². The number of phenols is 2. The molecule has 0 heterocycles. The fourth-order valence-corrected chi connectivity index (χ4v) is 2.43. The number of nitrogens with one attached hydrogen (secondary N) is 1. The Labute approximate surface area is 132 Å². The van der Waals surface area contributed by atoms with Crippen molar-refractivity contribution in [2.24, 2.45) is 0 Å². The monoisotopic (exact) mass is 299 g/mol. The number of hydrogen-bond donors (Lipinski definition) is 3. The highest BCUT2D eigenvalue weighted by molar-refractivity contribution is 5.40. The van der Waals surface area contributed by atoms with Crippen LogP contribution in [0.1, 0.15) is 30.0 Å². The van der Waals surface area contributed by atoms with E-state index in [0.29, 0.717) is 6.04 Å². The third-order valence-corrected chi connectivity index (χ3v) is 3.93. The van der Waals surface area contributed by atoms with Gasteiger partial charge >= 0.3 is 0 Å². The minimum Gasteiger partial charge on any atom is -0.504 e. The highest BCUT2D eigenvalue weighted by atomic mass is 16.3. The lowest BCUT2D eigenvalue weighted by molar-refractivity contribution is 0.403. The van der Waals surface area contributed by atoms with Crippen LogP contribution in [0.25, 0.3) is 0 Å². The van der Waals surface area contributed by atoms with E-state index in [2.05, 4.69) is 43.4 Å². The minimum atomic E-state index is -0.0665. The number of phenolic OH excluding ortho intramolecular Hbond substituents is 2. The Morgan fingerprint density at radius 2 is 1.59 bits per heavy atom. The first kappa shape index (κ1) is 16.4. The molecule has 0 amide bonds. The Bertz CT molecular complexity index is 593. The summed E-state index contributed by atoms with van der Waals surface area (Å²) in [6, 6.07) is 14.2. The predicted octanol–water partition coefficient (Wildman–Crippen LogP) is 3.56. The molecule has 3 heteroatoms. The SMILES string of the molecule is Cc1ccc(CCC(C)NCCc2ccc(O)c(O)c2)cc1. The molecule has 0 aromatic heterocycles. The van der Waals surface area contributed by atoms with Crippen molar-refractivity contribution in [2.45, 2.75) is 39.2 Å². The lowest BCUT2D eigenvalue weighted by atomic mass is 10.0. The van der Waals surface area contributed by atoms with Crippen LogP contribution in [0, 0.1) is 6.92 Å². The topological polar surface area (TPSA) is 52.5 Å². The van der Waals surface area contributed by atoms with Crippen LogP contribution in [0.3, 0.4) is 0 Å². The van der Waals surface area contributed by atoms with E-state index in [0.717, 1.165) is 31.4 Å². The third-order valence-electron chi connectivity index (χ3n) is 3.93. The molecule has 3 N–H and O–H groups in total. The van der Waals surface area contributed by atoms with Gasteiger partial charge in [0.15, 0.2) is 11.5 Å². The second-order valence-corrected chi connectivity index (χ2v) is 5.95. The summed E-state index contributed by atoms with van der Waals surface area (Å²) in [5, 5.41) is 22.3. The predicted molar refractivity (Wildman–Crippen MR) is 90.4 cm³/mol. The molecule has 0 saturated carbocycles. The summed E-state index contributed by atoms with van der Waals surface area (Å²) in [6.45, 7) is 5.16. The van der Waals surface area contributed by atoms with E-state index < -0.39 is 0 Å². The summed E-state index contributed by atoms with van der Waals surface area (Å²) in [4.78, 5) is 0. The van der Waals surface area contributed by atoms with E-state index in [9.17, 15) is 10.2 Å². The van der Waals surface area contributed by atoms with Gasteiger partial charge in [0, 0.05) is 6.04 Å². The van der Waals surface area contributed by atoms with E-state index >= 15 is 0 Å². The van der Waals surface area contributed by atoms with Crippen molar-refractivity contribution in [1.82, 2.24) is 5.32 Å². The summed E-state index contributed by atoms with van der Waals surface area (Å²) >= 11 is 0. The lowest BCUT2D eigenvalue weighted by Crippen LogP contribution is -2.28. The molecule has 0 aliphatic carbocycles. The molecule has 2 aromatic carbocycles. The second-order valence-electron chi connectivity index (χ2n) is 5.95. The maximum Gasteiger partial charge on any atom is 0.157 e. The van der Waals surface area contributed by atoms with Crippen molar-refractivity contribution in [2.75, 3.05) is 6.54 Å². The van der Waals surface area contributed by atoms with Crippen LogP contribution in [0.5, 0.6) is 11.5 Å². The quantitative estimate of drug-likeness (QED) is 0.685. The summed E-state index contributed by atoms with van der Waals surface area (Å²) < 4.78 is 0. The van der Waals surface area contributed by atoms with E-state index in [1.54, 1.807) is 6.07 Å². The van der Waals surface area contributed by atoms with E-state index in [4.69, 9.17) is 0 Å². The molecular formula is C19H25NO2. The van der Waals surface area contributed by atoms with Gasteiger partial charge in [0.1, 0.15) is 0 Å². The Balaban J connectivity index is 1.70. The van der Waals surface area contributed by atoms with Crippen LogP contribution in [-0.4, -0.2) is 22.8 Å². The van der Waals surface area contributed by atoms with Gasteiger partial charge in [0.2, 0.25) is 0 Å². The first-order valence-corrected chi connectivity index (χ1v) is 7.84. The smallest absolute Gasteiger partial charge is 0.157 e. The lowest BCUT2D eigenvalue weighted by Gasteiger charge is -2.14. The summed E-state index contributed by atoms with van der Waals surface area (Å²) in [5.74, 6) is -0.118. The van der Waals surface area contributed by atoms with Crippen LogP contribution in [0.15, 0.2) is 42.5 Å². The molecule has 0 fully saturated rings. The zero-order valence-electron chi connectivity index (χ0n) is 13.3. The number of benzene rings is 2. The minimum absolute atomic E-state index is 0.0510. The van der Waals surface area contributed by atoms with Gasteiger partial charge in [-0.3, -0.25) is 0 Å². The van der Waals surface area contributed by atoms with Crippen molar-refractivity contribution in [1.29, 1.82) is 0 Å². The zero-order valence-corrected chi connectivity index (χ0v) is 13.3. The molecule has 3 nitrogen and oxygen atoms in total. The van der Waals surface area contributed by atoms with Crippen LogP contribution in [-0.2, 0) is 12.8 Å². The maximum absolute atomic E-state index is 9.47. The van der Waals surface area contributed by atoms with Gasteiger partial charge in [-0.05, 0) is 62.9 Å². The summed E-state index contributed by atoms with van der Waals surface area (Å²) in [7, 11) is 0. The first-order chi connectivity index (χ1) is 10.5. The molecule has 0 saturated heterocycles. The Morgan fingerprint density at radius 3 is 2.27 bits per heavy atom. The molecule has 0 aliphatic rings. The van der Waals surface area contributed by atoms with Crippen LogP contribution in [0.2, 0.25) is 0 Å². The van der Waals surface area contributed by atoms with Crippen molar-refractivity contribution in [3.05, 3.63) is 59.2 Å². The highest BCUT2D eigenvalue weighted by Crippen LogP contribution is 2.24. The Kier molecular flexibility index (Phi) is 5.84. The second kappa shape index (κ2) is 7.85. The molecule has 118 valence electrons. The fraction of sp³-hybridized carbons (Fsp3) is 0.368. The molecule has 1 atom stereocenters. The molecule has 22 heavy (non-hydrogen) atoms. The maximum atomic E-state index is 9.47. The van der Waals surface area contributed by atoms with Gasteiger partial charge in [0.25, 0.3) is 0 Å². The van der Waals surface area contributed by atoms with Crippen molar-refractivity contribution in [3.8, 4) is 11.5 Å². The van der Waals surface area contributed by atoms with Gasteiger partial charge < -0.3 is 15.5 Å². The van der Waals surface area contributed by atoms with Gasteiger partial charge in [-0.15, -0.1) is 0 Å². The molecule has 1 unspecified atom stereocenters. The summed E-state index contributed by atoms with van der Waals surface area (Å²) in [6.07, 6.45) is 3.01. The van der Waals surface area contributed by atoms with Gasteiger partial charge in [0.05, 0.1) is 0 Å². The molecule has 2 rings (SSSR count). The zero-order chi connectivity index (χ0) is 15.9. The van der Waals surface area contributed by atoms with E-state index in [1.165, 1.54) is 17.2 Å². The summed E-state index contributed by atoms with van der Waals surface area (Å²) in [5.41, 5.74) is 3.70. The molecule has 0 radical (unpaired) electrons. The fourth-order valence-electron chi connectivity index (χ4n) is 2.43. The largest absolute Gasteiger partial charge is 0.504 e. The van der Waals surface area contributed by atoms with Crippen molar-refractivity contribution in [3.63, 3.8) is 0 Å². The van der Waals surface area contributed by atoms with E-state index in [1.807, 2.05) is 6.07 Å². The average molecular weight is 299 g/mol. The molecule has 0 aliphatic heterocycles. The third kappa shape index (κ3) is 5.08. The highest BCUT2D eigenvalue weighted by Gasteiger charge is 2.04. The van der Waals surface area contributed by atoms with Crippen molar-refractivity contribution < 1.29 is 10.2 Å². The van der Waals surface area contributed by atoms with Gasteiger partial charge in [-0.1, -0.05) is 35.9 Å². The first-order valence-electron chi connectivity index (χ1n) is 7.84. The number of aromatic hydroxyl groups is 2. The number of aryl methyl sites for hydroxylation is 2. The van der Waals surface area contributed by atoms with Crippen LogP contribution >= 0.6 is 0 Å². The number of rotatable bonds is 7. The molecular weight excluding hydrogens is 274 g/mol. The normalized spacial score (nSPS) is 12.3. The van der Waals surface area contributed by atoms with Crippen molar-refractivity contribution >= 4 is 0 Å². The Hall–Kier alpha value is -2.00. The van der Waals surface area contributed by atoms with Gasteiger partial charge in [-0.25, -0.2) is 0 Å². The number of hydrogen-bond acceptors (Lipinski definition) is 3. The standard InChI is InChI=1S/C19H25NO2/c1-14-3-6-16(7-4-14)8-5-15(2)20-12-11-17-9-10-18(21)19(22)13-17/h3-4,6-7,9-10,13,15,20-22H,5,8,11-12H2,1-2H3. The Morgan fingerprint density at radius 1 is 0.909 bits per heavy atom. The molecule has 0 bridgehead atoms. The van der Waals surface area contributed by atoms with Crippen LogP contribution in [0.4, 0.5) is 0 Å².